The minimum atomic E-state index is -0.290. The molecule has 18 heavy (non-hydrogen) atoms. The maximum Gasteiger partial charge on any atom is 0.330 e. The number of hydrogen-bond acceptors (Lipinski definition) is 3. The molecule has 98 valence electrons. The van der Waals surface area contributed by atoms with Crippen LogP contribution in [0.4, 0.5) is 0 Å². The maximum atomic E-state index is 11.1. The zero-order valence-electron chi connectivity index (χ0n) is 11.3. The molecule has 0 fully saturated rings. The van der Waals surface area contributed by atoms with Gasteiger partial charge >= 0.3 is 5.97 Å². The van der Waals surface area contributed by atoms with E-state index in [9.17, 15) is 4.79 Å². The third-order valence-corrected chi connectivity index (χ3v) is 2.66. The molecule has 0 unspecified atom stereocenters. The van der Waals surface area contributed by atoms with E-state index in [1.807, 2.05) is 0 Å². The van der Waals surface area contributed by atoms with Crippen molar-refractivity contribution in [3.05, 3.63) is 47.5 Å². The van der Waals surface area contributed by atoms with Gasteiger partial charge in [0.2, 0.25) is 0 Å². The molecule has 0 aliphatic rings. The Hall–Kier alpha value is -1.61. The summed E-state index contributed by atoms with van der Waals surface area (Å²) in [5.74, 6) is -0.290. The molecule has 1 rings (SSSR count). The lowest BCUT2D eigenvalue weighted by atomic mass is 10.1. The quantitative estimate of drug-likeness (QED) is 0.620. The van der Waals surface area contributed by atoms with Crippen molar-refractivity contribution in [2.75, 3.05) is 13.2 Å². The van der Waals surface area contributed by atoms with E-state index >= 15 is 0 Å². The molecule has 1 N–H and O–H groups in total. The minimum Gasteiger partial charge on any atom is -0.463 e. The summed E-state index contributed by atoms with van der Waals surface area (Å²) in [5, 5.41) is 3.32. The molecule has 0 saturated carbocycles. The van der Waals surface area contributed by atoms with Crippen LogP contribution in [-0.2, 0) is 9.53 Å². The van der Waals surface area contributed by atoms with Crippen LogP contribution < -0.4 is 5.32 Å². The number of carbonyl (C=O) groups excluding carboxylic acids is 1. The number of aryl methyl sites for hydroxylation is 1. The van der Waals surface area contributed by atoms with Gasteiger partial charge in [-0.2, -0.15) is 0 Å². The van der Waals surface area contributed by atoms with Crippen LogP contribution in [0, 0.1) is 6.92 Å². The van der Waals surface area contributed by atoms with E-state index in [1.165, 1.54) is 17.2 Å². The van der Waals surface area contributed by atoms with Gasteiger partial charge in [-0.05, 0) is 26.3 Å². The fourth-order valence-electron chi connectivity index (χ4n) is 1.56. The van der Waals surface area contributed by atoms with Gasteiger partial charge in [0.25, 0.3) is 0 Å². The Morgan fingerprint density at radius 1 is 1.39 bits per heavy atom. The lowest BCUT2D eigenvalue weighted by Crippen LogP contribution is -2.18. The largest absolute Gasteiger partial charge is 0.463 e. The zero-order chi connectivity index (χ0) is 13.4. The minimum absolute atomic E-state index is 0.262. The molecule has 0 saturated heterocycles. The van der Waals surface area contributed by atoms with E-state index in [2.05, 4.69) is 43.4 Å². The molecule has 0 amide bonds. The number of rotatable bonds is 6. The summed E-state index contributed by atoms with van der Waals surface area (Å²) in [4.78, 5) is 11.1. The number of ether oxygens (including phenoxy) is 1. The van der Waals surface area contributed by atoms with E-state index < -0.39 is 0 Å². The second-order valence-electron chi connectivity index (χ2n) is 4.20. The van der Waals surface area contributed by atoms with E-state index in [0.29, 0.717) is 13.2 Å². The molecule has 1 atom stereocenters. The van der Waals surface area contributed by atoms with Gasteiger partial charge in [0.15, 0.2) is 0 Å². The van der Waals surface area contributed by atoms with Gasteiger partial charge in [0.05, 0.1) is 6.61 Å². The summed E-state index contributed by atoms with van der Waals surface area (Å²) in [7, 11) is 0. The van der Waals surface area contributed by atoms with E-state index in [1.54, 1.807) is 13.0 Å². The predicted molar refractivity (Wildman–Crippen MR) is 73.4 cm³/mol. The van der Waals surface area contributed by atoms with Crippen molar-refractivity contribution in [2.45, 2.75) is 26.8 Å². The normalized spacial score (nSPS) is 12.6. The first-order chi connectivity index (χ1) is 8.63. The van der Waals surface area contributed by atoms with E-state index in [0.717, 1.165) is 0 Å². The summed E-state index contributed by atoms with van der Waals surface area (Å²) < 4.78 is 4.79. The van der Waals surface area contributed by atoms with Gasteiger partial charge in [-0.3, -0.25) is 0 Å². The van der Waals surface area contributed by atoms with Crippen molar-refractivity contribution in [3.8, 4) is 0 Å². The van der Waals surface area contributed by atoms with Crippen molar-refractivity contribution in [3.63, 3.8) is 0 Å². The zero-order valence-corrected chi connectivity index (χ0v) is 11.3. The maximum absolute atomic E-state index is 11.1. The molecule has 0 bridgehead atoms. The van der Waals surface area contributed by atoms with Crippen molar-refractivity contribution >= 4 is 5.97 Å². The lowest BCUT2D eigenvalue weighted by molar-refractivity contribution is -0.137. The van der Waals surface area contributed by atoms with Gasteiger partial charge in [-0.15, -0.1) is 0 Å². The van der Waals surface area contributed by atoms with Crippen LogP contribution in [0.2, 0.25) is 0 Å². The molecule has 0 aliphatic heterocycles. The van der Waals surface area contributed by atoms with Gasteiger partial charge in [0, 0.05) is 18.7 Å². The average Bonchev–Trinajstić information content (AvgIpc) is 2.35. The molecule has 1 aromatic rings. The highest BCUT2D eigenvalue weighted by atomic mass is 16.5. The molecule has 0 aromatic heterocycles. The smallest absolute Gasteiger partial charge is 0.330 e. The van der Waals surface area contributed by atoms with Gasteiger partial charge in [0.1, 0.15) is 0 Å². The Bertz CT molecular complexity index is 395. The van der Waals surface area contributed by atoms with E-state index in [4.69, 9.17) is 4.74 Å². The molecule has 1 aromatic carbocycles. The molecule has 0 spiro atoms. The highest BCUT2D eigenvalue weighted by molar-refractivity contribution is 5.81. The Labute approximate surface area is 109 Å². The van der Waals surface area contributed by atoms with Crippen LogP contribution in [-0.4, -0.2) is 19.1 Å². The highest BCUT2D eigenvalue weighted by Gasteiger charge is 2.02. The number of carbonyl (C=O) groups is 1. The summed E-state index contributed by atoms with van der Waals surface area (Å²) >= 11 is 0. The standard InChI is InChI=1S/C15H21NO2/c1-4-18-15(17)6-5-11-16-13(3)14-9-7-12(2)8-10-14/h5-10,13,16H,4,11H2,1-3H3/b6-5+/t13-/m1/s1. The van der Waals surface area contributed by atoms with Gasteiger partial charge in [-0.1, -0.05) is 35.9 Å². The van der Waals surface area contributed by atoms with Crippen LogP contribution in [0.15, 0.2) is 36.4 Å². The second-order valence-corrected chi connectivity index (χ2v) is 4.20. The van der Waals surface area contributed by atoms with Crippen LogP contribution in [0.1, 0.15) is 31.0 Å². The number of nitrogens with one attached hydrogen (secondary N) is 1. The molecule has 3 nitrogen and oxygen atoms in total. The van der Waals surface area contributed by atoms with Crippen LogP contribution in [0.25, 0.3) is 0 Å². The fraction of sp³-hybridized carbons (Fsp3) is 0.400. The first-order valence-corrected chi connectivity index (χ1v) is 6.26. The number of benzene rings is 1. The Kier molecular flexibility index (Phi) is 6.15. The Morgan fingerprint density at radius 2 is 2.06 bits per heavy atom. The van der Waals surface area contributed by atoms with Gasteiger partial charge in [-0.25, -0.2) is 4.79 Å². The Morgan fingerprint density at radius 3 is 2.67 bits per heavy atom. The van der Waals surface area contributed by atoms with Gasteiger partial charge < -0.3 is 10.1 Å². The molecule has 0 radical (unpaired) electrons. The fourth-order valence-corrected chi connectivity index (χ4v) is 1.56. The summed E-state index contributed by atoms with van der Waals surface area (Å²) in [5.41, 5.74) is 2.50. The summed E-state index contributed by atoms with van der Waals surface area (Å²) in [6.07, 6.45) is 3.24. The molecule has 0 aliphatic carbocycles. The summed E-state index contributed by atoms with van der Waals surface area (Å²) in [6.45, 7) is 7.03. The topological polar surface area (TPSA) is 38.3 Å². The number of esters is 1. The molecular weight excluding hydrogens is 226 g/mol. The molecule has 0 heterocycles. The van der Waals surface area contributed by atoms with Crippen molar-refractivity contribution in [2.24, 2.45) is 0 Å². The average molecular weight is 247 g/mol. The highest BCUT2D eigenvalue weighted by Crippen LogP contribution is 2.12. The van der Waals surface area contributed by atoms with E-state index in [-0.39, 0.29) is 12.0 Å². The SMILES string of the molecule is CCOC(=O)/C=C/CN[C@H](C)c1ccc(C)cc1. The monoisotopic (exact) mass is 247 g/mol. The first-order valence-electron chi connectivity index (χ1n) is 6.26. The summed E-state index contributed by atoms with van der Waals surface area (Å²) in [6, 6.07) is 8.69. The molecule has 3 heteroatoms. The lowest BCUT2D eigenvalue weighted by Gasteiger charge is -2.12. The van der Waals surface area contributed by atoms with Crippen LogP contribution in [0.3, 0.4) is 0 Å². The Balaban J connectivity index is 2.35. The first kappa shape index (κ1) is 14.5. The predicted octanol–water partition coefficient (Wildman–Crippen LogP) is 2.76. The second kappa shape index (κ2) is 7.67. The molecular formula is C15H21NO2. The third kappa shape index (κ3) is 5.15. The van der Waals surface area contributed by atoms with Crippen LogP contribution >= 0.6 is 0 Å². The van der Waals surface area contributed by atoms with Crippen LogP contribution in [0.5, 0.6) is 0 Å². The van der Waals surface area contributed by atoms with Crippen molar-refractivity contribution < 1.29 is 9.53 Å². The van der Waals surface area contributed by atoms with Crippen molar-refractivity contribution in [1.29, 1.82) is 0 Å². The number of hydrogen-bond donors (Lipinski definition) is 1. The van der Waals surface area contributed by atoms with Crippen molar-refractivity contribution in [1.82, 2.24) is 5.32 Å². The third-order valence-electron chi connectivity index (χ3n) is 2.66.